The SMILES string of the molecule is CCc1nc(CSc2ccc(F)cc2)[nH]c(=O)c1C. The minimum atomic E-state index is -0.250. The van der Waals surface area contributed by atoms with Crippen LogP contribution >= 0.6 is 11.8 Å². The van der Waals surface area contributed by atoms with Gasteiger partial charge in [-0.25, -0.2) is 9.37 Å². The summed E-state index contributed by atoms with van der Waals surface area (Å²) < 4.78 is 12.8. The first-order valence-corrected chi connectivity index (χ1v) is 7.05. The van der Waals surface area contributed by atoms with Crippen molar-refractivity contribution in [3.63, 3.8) is 0 Å². The van der Waals surface area contributed by atoms with Crippen LogP contribution in [-0.4, -0.2) is 9.97 Å². The van der Waals surface area contributed by atoms with E-state index < -0.39 is 0 Å². The monoisotopic (exact) mass is 278 g/mol. The number of hydrogen-bond acceptors (Lipinski definition) is 3. The normalized spacial score (nSPS) is 10.7. The van der Waals surface area contributed by atoms with Crippen LogP contribution in [0.25, 0.3) is 0 Å². The van der Waals surface area contributed by atoms with Gasteiger partial charge in [0, 0.05) is 10.5 Å². The molecule has 2 rings (SSSR count). The molecular weight excluding hydrogens is 263 g/mol. The quantitative estimate of drug-likeness (QED) is 0.874. The molecule has 1 heterocycles. The predicted molar refractivity (Wildman–Crippen MR) is 74.9 cm³/mol. The molecule has 0 aliphatic rings. The maximum Gasteiger partial charge on any atom is 0.254 e. The highest BCUT2D eigenvalue weighted by Crippen LogP contribution is 2.21. The van der Waals surface area contributed by atoms with Gasteiger partial charge in [-0.3, -0.25) is 4.79 Å². The molecule has 19 heavy (non-hydrogen) atoms. The second kappa shape index (κ2) is 6.02. The molecule has 100 valence electrons. The standard InChI is InChI=1S/C14H15FN2OS/c1-3-12-9(2)14(18)17-13(16-12)8-19-11-6-4-10(15)5-7-11/h4-7H,3,8H2,1-2H3,(H,16,17,18). The smallest absolute Gasteiger partial charge is 0.254 e. The Morgan fingerprint density at radius 3 is 2.63 bits per heavy atom. The Hall–Kier alpha value is -1.62. The molecule has 0 fully saturated rings. The summed E-state index contributed by atoms with van der Waals surface area (Å²) in [5.74, 6) is 0.968. The lowest BCUT2D eigenvalue weighted by Crippen LogP contribution is -2.17. The first kappa shape index (κ1) is 13.8. The molecule has 0 aliphatic carbocycles. The Kier molecular flexibility index (Phi) is 4.37. The van der Waals surface area contributed by atoms with Crippen LogP contribution in [0, 0.1) is 12.7 Å². The topological polar surface area (TPSA) is 45.8 Å². The van der Waals surface area contributed by atoms with Crippen LogP contribution in [0.3, 0.4) is 0 Å². The summed E-state index contributed by atoms with van der Waals surface area (Å²) in [5.41, 5.74) is 1.43. The van der Waals surface area contributed by atoms with E-state index >= 15 is 0 Å². The van der Waals surface area contributed by atoms with E-state index in [4.69, 9.17) is 0 Å². The van der Waals surface area contributed by atoms with Crippen molar-refractivity contribution >= 4 is 11.8 Å². The van der Waals surface area contributed by atoms with Crippen LogP contribution in [-0.2, 0) is 12.2 Å². The van der Waals surface area contributed by atoms with Crippen molar-refractivity contribution in [2.45, 2.75) is 30.9 Å². The minimum Gasteiger partial charge on any atom is -0.310 e. The van der Waals surface area contributed by atoms with Gasteiger partial charge in [-0.05, 0) is 37.6 Å². The number of nitrogens with one attached hydrogen (secondary N) is 1. The molecule has 0 bridgehead atoms. The van der Waals surface area contributed by atoms with Crippen molar-refractivity contribution in [1.29, 1.82) is 0 Å². The van der Waals surface area contributed by atoms with E-state index in [0.717, 1.165) is 17.0 Å². The molecule has 1 aromatic heterocycles. The summed E-state index contributed by atoms with van der Waals surface area (Å²) in [6.07, 6.45) is 0.740. The summed E-state index contributed by atoms with van der Waals surface area (Å²) in [6, 6.07) is 6.27. The van der Waals surface area contributed by atoms with Gasteiger partial charge in [-0.1, -0.05) is 6.92 Å². The Morgan fingerprint density at radius 2 is 2.00 bits per heavy atom. The Balaban J connectivity index is 2.13. The van der Waals surface area contributed by atoms with Gasteiger partial charge in [0.1, 0.15) is 11.6 Å². The molecule has 0 spiro atoms. The Morgan fingerprint density at radius 1 is 1.32 bits per heavy atom. The van der Waals surface area contributed by atoms with E-state index in [2.05, 4.69) is 9.97 Å². The van der Waals surface area contributed by atoms with Gasteiger partial charge < -0.3 is 4.98 Å². The second-order valence-electron chi connectivity index (χ2n) is 4.18. The van der Waals surface area contributed by atoms with Crippen LogP contribution in [0.2, 0.25) is 0 Å². The zero-order chi connectivity index (χ0) is 13.8. The summed E-state index contributed by atoms with van der Waals surface area (Å²) in [6.45, 7) is 3.76. The van der Waals surface area contributed by atoms with Gasteiger partial charge in [0.25, 0.3) is 5.56 Å². The zero-order valence-corrected chi connectivity index (χ0v) is 11.7. The molecule has 3 nitrogen and oxygen atoms in total. The molecular formula is C14H15FN2OS. The summed E-state index contributed by atoms with van der Waals surface area (Å²) >= 11 is 1.52. The number of rotatable bonds is 4. The van der Waals surface area contributed by atoms with Crippen molar-refractivity contribution in [1.82, 2.24) is 9.97 Å². The van der Waals surface area contributed by atoms with E-state index in [9.17, 15) is 9.18 Å². The van der Waals surface area contributed by atoms with Crippen molar-refractivity contribution in [3.8, 4) is 0 Å². The van der Waals surface area contributed by atoms with Gasteiger partial charge in [0.05, 0.1) is 11.4 Å². The maximum absolute atomic E-state index is 12.8. The van der Waals surface area contributed by atoms with Gasteiger partial charge >= 0.3 is 0 Å². The average Bonchev–Trinajstić information content (AvgIpc) is 2.41. The summed E-state index contributed by atoms with van der Waals surface area (Å²) in [5, 5.41) is 0. The van der Waals surface area contributed by atoms with Gasteiger partial charge in [0.15, 0.2) is 0 Å². The second-order valence-corrected chi connectivity index (χ2v) is 5.23. The lowest BCUT2D eigenvalue weighted by Gasteiger charge is -2.06. The molecule has 0 unspecified atom stereocenters. The molecule has 0 aliphatic heterocycles. The van der Waals surface area contributed by atoms with Crippen molar-refractivity contribution in [2.75, 3.05) is 0 Å². The molecule has 1 aromatic carbocycles. The van der Waals surface area contributed by atoms with Crippen LogP contribution in [0.1, 0.15) is 24.0 Å². The lowest BCUT2D eigenvalue weighted by molar-refractivity contribution is 0.626. The molecule has 0 radical (unpaired) electrons. The molecule has 2 aromatic rings. The first-order chi connectivity index (χ1) is 9.10. The summed E-state index contributed by atoms with van der Waals surface area (Å²) in [7, 11) is 0. The zero-order valence-electron chi connectivity index (χ0n) is 10.9. The molecule has 0 saturated carbocycles. The van der Waals surface area contributed by atoms with Crippen LogP contribution in [0.4, 0.5) is 4.39 Å². The predicted octanol–water partition coefficient (Wildman–Crippen LogP) is 3.07. The fraction of sp³-hybridized carbons (Fsp3) is 0.286. The average molecular weight is 278 g/mol. The van der Waals surface area contributed by atoms with Crippen LogP contribution < -0.4 is 5.56 Å². The Labute approximate surface area is 115 Å². The first-order valence-electron chi connectivity index (χ1n) is 6.07. The number of aryl methyl sites for hydroxylation is 1. The number of thioether (sulfide) groups is 1. The summed E-state index contributed by atoms with van der Waals surface area (Å²) in [4.78, 5) is 19.9. The number of hydrogen-bond donors (Lipinski definition) is 1. The minimum absolute atomic E-state index is 0.0819. The third kappa shape index (κ3) is 3.44. The largest absolute Gasteiger partial charge is 0.310 e. The van der Waals surface area contributed by atoms with Crippen molar-refractivity contribution in [2.24, 2.45) is 0 Å². The highest BCUT2D eigenvalue weighted by molar-refractivity contribution is 7.98. The molecule has 5 heteroatoms. The number of aromatic amines is 1. The Bertz CT molecular complexity index is 622. The van der Waals surface area contributed by atoms with Crippen molar-refractivity contribution in [3.05, 3.63) is 57.5 Å². The molecule has 0 saturated heterocycles. The van der Waals surface area contributed by atoms with E-state index in [-0.39, 0.29) is 11.4 Å². The van der Waals surface area contributed by atoms with E-state index in [0.29, 0.717) is 17.1 Å². The fourth-order valence-corrected chi connectivity index (χ4v) is 2.49. The fourth-order valence-electron chi connectivity index (χ4n) is 1.73. The molecule has 0 amide bonds. The van der Waals surface area contributed by atoms with E-state index in [1.165, 1.54) is 23.9 Å². The van der Waals surface area contributed by atoms with Gasteiger partial charge in [-0.2, -0.15) is 0 Å². The molecule has 0 atom stereocenters. The third-order valence-corrected chi connectivity index (χ3v) is 3.85. The van der Waals surface area contributed by atoms with Gasteiger partial charge in [-0.15, -0.1) is 11.8 Å². The van der Waals surface area contributed by atoms with Gasteiger partial charge in [0.2, 0.25) is 0 Å². The number of nitrogens with zero attached hydrogens (tertiary/aromatic N) is 1. The van der Waals surface area contributed by atoms with Crippen LogP contribution in [0.5, 0.6) is 0 Å². The maximum atomic E-state index is 12.8. The molecule has 1 N–H and O–H groups in total. The van der Waals surface area contributed by atoms with E-state index in [1.54, 1.807) is 19.1 Å². The number of benzene rings is 1. The van der Waals surface area contributed by atoms with Crippen molar-refractivity contribution < 1.29 is 4.39 Å². The highest BCUT2D eigenvalue weighted by atomic mass is 32.2. The van der Waals surface area contributed by atoms with E-state index in [1.807, 2.05) is 6.92 Å². The third-order valence-electron chi connectivity index (χ3n) is 2.83. The number of halogens is 1. The number of aromatic nitrogens is 2. The highest BCUT2D eigenvalue weighted by Gasteiger charge is 2.06. The number of H-pyrrole nitrogens is 1. The van der Waals surface area contributed by atoms with Crippen LogP contribution in [0.15, 0.2) is 34.0 Å². The lowest BCUT2D eigenvalue weighted by atomic mass is 10.2.